The normalized spacial score (nSPS) is 16.7. The van der Waals surface area contributed by atoms with Gasteiger partial charge in [0.05, 0.1) is 4.90 Å². The summed E-state index contributed by atoms with van der Waals surface area (Å²) in [7, 11) is -3.60. The molecular weight excluding hydrogens is 418 g/mol. The number of pyridine rings is 1. The minimum absolute atomic E-state index is 0.265. The summed E-state index contributed by atoms with van der Waals surface area (Å²) in [6.07, 6.45) is 6.74. The van der Waals surface area contributed by atoms with Gasteiger partial charge < -0.3 is 4.90 Å². The van der Waals surface area contributed by atoms with Crippen LogP contribution in [0.4, 0.5) is 0 Å². The van der Waals surface area contributed by atoms with E-state index >= 15 is 0 Å². The first-order valence-corrected chi connectivity index (χ1v) is 12.8. The maximum atomic E-state index is 13.0. The molecule has 0 radical (unpaired) electrons. The molecule has 1 N–H and O–H groups in total. The van der Waals surface area contributed by atoms with E-state index in [-0.39, 0.29) is 6.04 Å². The number of sulfonamides is 1. The number of aryl methyl sites for hydroxylation is 1. The number of rotatable bonds is 8. The molecule has 4 rings (SSSR count). The molecule has 0 spiro atoms. The highest BCUT2D eigenvalue weighted by atomic mass is 32.2. The average Bonchev–Trinajstić information content (AvgIpc) is 2.83. The zero-order valence-electron chi connectivity index (χ0n) is 18.5. The van der Waals surface area contributed by atoms with E-state index < -0.39 is 10.0 Å². The van der Waals surface area contributed by atoms with E-state index in [4.69, 9.17) is 0 Å². The van der Waals surface area contributed by atoms with E-state index in [9.17, 15) is 8.42 Å². The number of benzene rings is 2. The van der Waals surface area contributed by atoms with Crippen LogP contribution in [0.25, 0.3) is 0 Å². The first-order valence-electron chi connectivity index (χ1n) is 11.3. The maximum Gasteiger partial charge on any atom is 0.241 e. The summed E-state index contributed by atoms with van der Waals surface area (Å²) >= 11 is 0. The summed E-state index contributed by atoms with van der Waals surface area (Å²) in [5, 5.41) is 0. The van der Waals surface area contributed by atoms with Crippen molar-refractivity contribution in [3.8, 4) is 0 Å². The average molecular weight is 450 g/mol. The number of hydrogen-bond acceptors (Lipinski definition) is 4. The van der Waals surface area contributed by atoms with Gasteiger partial charge in [0.2, 0.25) is 10.0 Å². The predicted octanol–water partition coefficient (Wildman–Crippen LogP) is 4.68. The van der Waals surface area contributed by atoms with Crippen molar-refractivity contribution < 1.29 is 8.42 Å². The highest BCUT2D eigenvalue weighted by Crippen LogP contribution is 2.28. The number of likely N-dealkylation sites (tertiary alicyclic amines) is 1. The van der Waals surface area contributed by atoms with Gasteiger partial charge in [-0.05, 0) is 81.1 Å². The zero-order valence-corrected chi connectivity index (χ0v) is 19.3. The Morgan fingerprint density at radius 3 is 2.38 bits per heavy atom. The Labute approximate surface area is 191 Å². The molecule has 1 aliphatic rings. The van der Waals surface area contributed by atoms with Gasteiger partial charge in [0.1, 0.15) is 0 Å². The largest absolute Gasteiger partial charge is 0.303 e. The van der Waals surface area contributed by atoms with E-state index in [0.29, 0.717) is 10.8 Å². The predicted molar refractivity (Wildman–Crippen MR) is 128 cm³/mol. The molecule has 1 saturated heterocycles. The molecule has 168 valence electrons. The van der Waals surface area contributed by atoms with Gasteiger partial charge in [-0.2, -0.15) is 0 Å². The Morgan fingerprint density at radius 1 is 1.00 bits per heavy atom. The molecule has 1 atom stereocenters. The fourth-order valence-corrected chi connectivity index (χ4v) is 5.63. The summed E-state index contributed by atoms with van der Waals surface area (Å²) < 4.78 is 29.1. The molecule has 2 heterocycles. The molecule has 0 amide bonds. The molecule has 0 aliphatic carbocycles. The number of nitrogens with zero attached hydrogens (tertiary/aromatic N) is 2. The molecule has 1 aliphatic heterocycles. The van der Waals surface area contributed by atoms with Crippen LogP contribution in [0.5, 0.6) is 0 Å². The third kappa shape index (κ3) is 5.82. The first-order chi connectivity index (χ1) is 15.5. The van der Waals surface area contributed by atoms with Gasteiger partial charge in [0, 0.05) is 18.4 Å². The van der Waals surface area contributed by atoms with Crippen molar-refractivity contribution in [3.63, 3.8) is 0 Å². The van der Waals surface area contributed by atoms with Crippen molar-refractivity contribution in [1.29, 1.82) is 0 Å². The van der Waals surface area contributed by atoms with E-state index in [1.165, 1.54) is 5.56 Å². The van der Waals surface area contributed by atoms with Crippen molar-refractivity contribution in [2.45, 2.75) is 43.0 Å². The molecule has 3 aromatic rings. The molecule has 32 heavy (non-hydrogen) atoms. The van der Waals surface area contributed by atoms with Crippen molar-refractivity contribution in [3.05, 3.63) is 95.8 Å². The van der Waals surface area contributed by atoms with Gasteiger partial charge in [0.15, 0.2) is 0 Å². The molecular formula is C26H31N3O2S. The van der Waals surface area contributed by atoms with E-state index in [0.717, 1.165) is 50.0 Å². The Bertz CT molecular complexity index is 1080. The van der Waals surface area contributed by atoms with Gasteiger partial charge in [-0.1, -0.05) is 54.1 Å². The van der Waals surface area contributed by atoms with Crippen LogP contribution in [-0.2, 0) is 10.0 Å². The second-order valence-corrected chi connectivity index (χ2v) is 10.3. The van der Waals surface area contributed by atoms with Crippen molar-refractivity contribution in [2.75, 3.05) is 19.6 Å². The highest BCUT2D eigenvalue weighted by molar-refractivity contribution is 7.89. The van der Waals surface area contributed by atoms with Crippen LogP contribution in [0, 0.1) is 6.92 Å². The number of aromatic nitrogens is 1. The van der Waals surface area contributed by atoms with E-state index in [1.807, 2.05) is 67.8 Å². The van der Waals surface area contributed by atoms with Gasteiger partial charge in [-0.15, -0.1) is 0 Å². The van der Waals surface area contributed by atoms with Crippen molar-refractivity contribution in [2.24, 2.45) is 0 Å². The maximum absolute atomic E-state index is 13.0. The second kappa shape index (κ2) is 10.4. The second-order valence-electron chi connectivity index (χ2n) is 8.59. The van der Waals surface area contributed by atoms with E-state index in [2.05, 4.69) is 20.7 Å². The molecule has 0 bridgehead atoms. The first kappa shape index (κ1) is 22.6. The molecule has 1 unspecified atom stereocenters. The third-order valence-electron chi connectivity index (χ3n) is 6.31. The zero-order chi connectivity index (χ0) is 22.4. The van der Waals surface area contributed by atoms with Gasteiger partial charge in [-0.3, -0.25) is 4.98 Å². The summed E-state index contributed by atoms with van der Waals surface area (Å²) in [6.45, 7) is 4.85. The minimum Gasteiger partial charge on any atom is -0.303 e. The molecule has 2 aromatic carbocycles. The summed E-state index contributed by atoms with van der Waals surface area (Å²) in [4.78, 5) is 7.01. The fraction of sp³-hybridized carbons (Fsp3) is 0.346. The molecule has 1 aromatic heterocycles. The lowest BCUT2D eigenvalue weighted by atomic mass is 9.90. The smallest absolute Gasteiger partial charge is 0.241 e. The molecule has 0 saturated carbocycles. The minimum atomic E-state index is -3.60. The highest BCUT2D eigenvalue weighted by Gasteiger charge is 2.24. The molecule has 1 fully saturated rings. The van der Waals surface area contributed by atoms with Crippen LogP contribution < -0.4 is 4.72 Å². The lowest BCUT2D eigenvalue weighted by Gasteiger charge is -2.33. The summed E-state index contributed by atoms with van der Waals surface area (Å²) in [6, 6.07) is 20.8. The molecule has 6 heteroatoms. The number of piperidine rings is 1. The Morgan fingerprint density at radius 2 is 1.72 bits per heavy atom. The van der Waals surface area contributed by atoms with E-state index in [1.54, 1.807) is 12.1 Å². The fourth-order valence-electron chi connectivity index (χ4n) is 4.37. The summed E-state index contributed by atoms with van der Waals surface area (Å²) in [5.74, 6) is 0.560. The van der Waals surface area contributed by atoms with Crippen molar-refractivity contribution in [1.82, 2.24) is 14.6 Å². The molecule has 5 nitrogen and oxygen atoms in total. The van der Waals surface area contributed by atoms with Crippen LogP contribution in [0.15, 0.2) is 84.0 Å². The van der Waals surface area contributed by atoms with Crippen LogP contribution in [0.2, 0.25) is 0 Å². The summed E-state index contributed by atoms with van der Waals surface area (Å²) in [5.41, 5.74) is 3.35. The number of nitrogens with one attached hydrogen (secondary N) is 1. The van der Waals surface area contributed by atoms with Gasteiger partial charge >= 0.3 is 0 Å². The topological polar surface area (TPSA) is 62.3 Å². The lowest BCUT2D eigenvalue weighted by Crippen LogP contribution is -2.36. The Hall–Kier alpha value is -2.54. The van der Waals surface area contributed by atoms with Crippen LogP contribution >= 0.6 is 0 Å². The lowest BCUT2D eigenvalue weighted by molar-refractivity contribution is 0.204. The van der Waals surface area contributed by atoms with Gasteiger partial charge in [-0.25, -0.2) is 13.1 Å². The third-order valence-corrected chi connectivity index (χ3v) is 7.80. The van der Waals surface area contributed by atoms with Crippen molar-refractivity contribution >= 4 is 10.0 Å². The SMILES string of the molecule is Cc1ccc(S(=O)(=O)NC(CCN2CCC(c3cccnc3)CC2)c2ccccc2)cc1. The Balaban J connectivity index is 1.40. The van der Waals surface area contributed by atoms with Crippen LogP contribution in [0.3, 0.4) is 0 Å². The monoisotopic (exact) mass is 449 g/mol. The van der Waals surface area contributed by atoms with Crippen LogP contribution in [0.1, 0.15) is 47.9 Å². The number of hydrogen-bond donors (Lipinski definition) is 1. The standard InChI is InChI=1S/C26H31N3O2S/c1-21-9-11-25(12-10-21)32(30,31)28-26(23-6-3-2-4-7-23)15-19-29-17-13-22(14-18-29)24-8-5-16-27-20-24/h2-12,16,20,22,26,28H,13-15,17-19H2,1H3. The quantitative estimate of drug-likeness (QED) is 0.542. The Kier molecular flexibility index (Phi) is 7.35. The van der Waals surface area contributed by atoms with Crippen LogP contribution in [-0.4, -0.2) is 37.9 Å². The van der Waals surface area contributed by atoms with Gasteiger partial charge in [0.25, 0.3) is 0 Å².